The number of carboxylic acids is 1. The molecule has 6 nitrogen and oxygen atoms in total. The Labute approximate surface area is 113 Å². The van der Waals surface area contributed by atoms with Crippen LogP contribution in [0.1, 0.15) is 41.0 Å². The summed E-state index contributed by atoms with van der Waals surface area (Å²) in [6.07, 6.45) is 0.139. The highest BCUT2D eigenvalue weighted by atomic mass is 16.4. The summed E-state index contributed by atoms with van der Waals surface area (Å²) in [4.78, 5) is 34.3. The molecule has 0 spiro atoms. The molecule has 0 fully saturated rings. The zero-order chi connectivity index (χ0) is 15.2. The molecule has 0 rings (SSSR count). The van der Waals surface area contributed by atoms with Gasteiger partial charge in [0.1, 0.15) is 5.92 Å². The van der Waals surface area contributed by atoms with Gasteiger partial charge in [-0.05, 0) is 19.3 Å². The number of hydrogen-bond donors (Lipinski definition) is 3. The highest BCUT2D eigenvalue weighted by Crippen LogP contribution is 2.26. The van der Waals surface area contributed by atoms with Gasteiger partial charge in [0.2, 0.25) is 11.8 Å². The zero-order valence-corrected chi connectivity index (χ0v) is 12.2. The number of carbonyl (C=O) groups excluding carboxylic acids is 2. The second-order valence-electron chi connectivity index (χ2n) is 5.90. The van der Waals surface area contributed by atoms with Crippen LogP contribution in [0.4, 0.5) is 0 Å². The second kappa shape index (κ2) is 7.11. The van der Waals surface area contributed by atoms with Crippen LogP contribution in [0.15, 0.2) is 0 Å². The Kier molecular flexibility index (Phi) is 6.52. The number of rotatable bonds is 6. The van der Waals surface area contributed by atoms with Gasteiger partial charge in [0, 0.05) is 19.0 Å². The summed E-state index contributed by atoms with van der Waals surface area (Å²) in [5.74, 6) is -3.01. The largest absolute Gasteiger partial charge is 0.481 e. The minimum absolute atomic E-state index is 0.0459. The van der Waals surface area contributed by atoms with E-state index in [4.69, 9.17) is 5.11 Å². The predicted molar refractivity (Wildman–Crippen MR) is 71.5 cm³/mol. The summed E-state index contributed by atoms with van der Waals surface area (Å²) in [5, 5.41) is 14.3. The van der Waals surface area contributed by atoms with E-state index < -0.39 is 23.2 Å². The fourth-order valence-electron chi connectivity index (χ4n) is 1.67. The molecule has 0 aromatic carbocycles. The normalized spacial score (nSPS) is 12.9. The molecule has 0 aliphatic carbocycles. The van der Waals surface area contributed by atoms with Crippen molar-refractivity contribution in [3.05, 3.63) is 0 Å². The van der Waals surface area contributed by atoms with Crippen LogP contribution in [0.25, 0.3) is 0 Å². The summed E-state index contributed by atoms with van der Waals surface area (Å²) in [7, 11) is 0. The molecule has 0 bridgehead atoms. The molecule has 2 amide bonds. The van der Waals surface area contributed by atoms with Crippen molar-refractivity contribution in [1.29, 1.82) is 0 Å². The van der Waals surface area contributed by atoms with Crippen molar-refractivity contribution in [2.24, 2.45) is 11.3 Å². The van der Waals surface area contributed by atoms with E-state index in [0.717, 1.165) is 0 Å². The average molecular weight is 272 g/mol. The molecule has 0 aromatic heterocycles. The molecule has 0 aliphatic rings. The van der Waals surface area contributed by atoms with Crippen LogP contribution in [0, 0.1) is 11.3 Å². The number of nitrogens with one attached hydrogen (secondary N) is 2. The molecular formula is C13H24N2O4. The van der Waals surface area contributed by atoms with Crippen LogP contribution in [-0.4, -0.2) is 35.5 Å². The van der Waals surface area contributed by atoms with E-state index in [1.54, 1.807) is 20.8 Å². The molecule has 110 valence electrons. The van der Waals surface area contributed by atoms with Crippen molar-refractivity contribution in [3.8, 4) is 0 Å². The number of carboxylic acid groups (broad SMARTS) is 1. The van der Waals surface area contributed by atoms with Crippen molar-refractivity contribution in [2.45, 2.75) is 47.1 Å². The first-order valence-electron chi connectivity index (χ1n) is 6.35. The van der Waals surface area contributed by atoms with Gasteiger partial charge >= 0.3 is 5.97 Å². The first kappa shape index (κ1) is 17.4. The molecule has 0 saturated carbocycles. The molecule has 19 heavy (non-hydrogen) atoms. The van der Waals surface area contributed by atoms with Gasteiger partial charge in [-0.15, -0.1) is 0 Å². The van der Waals surface area contributed by atoms with Crippen molar-refractivity contribution in [3.63, 3.8) is 0 Å². The Morgan fingerprint density at radius 3 is 2.05 bits per heavy atom. The van der Waals surface area contributed by atoms with Crippen LogP contribution < -0.4 is 10.6 Å². The standard InChI is InChI=1S/C13H24N2O4/c1-8(2)15-9(16)6-7-14-11(17)10(12(18)19)13(3,4)5/h8,10H,6-7H2,1-5H3,(H,14,17)(H,15,16)(H,18,19). The fourth-order valence-corrected chi connectivity index (χ4v) is 1.67. The first-order chi connectivity index (χ1) is 8.55. The number of aliphatic carboxylic acids is 1. The summed E-state index contributed by atoms with van der Waals surface area (Å²) >= 11 is 0. The predicted octanol–water partition coefficient (Wildman–Crippen LogP) is 0.764. The lowest BCUT2D eigenvalue weighted by Gasteiger charge is -2.25. The Morgan fingerprint density at radius 1 is 1.16 bits per heavy atom. The summed E-state index contributed by atoms with van der Waals surface area (Å²) in [6, 6.07) is 0.0459. The van der Waals surface area contributed by atoms with Gasteiger partial charge in [0.25, 0.3) is 0 Å². The quantitative estimate of drug-likeness (QED) is 0.622. The van der Waals surface area contributed by atoms with E-state index in [-0.39, 0.29) is 24.9 Å². The van der Waals surface area contributed by atoms with Crippen molar-refractivity contribution >= 4 is 17.8 Å². The lowest BCUT2D eigenvalue weighted by Crippen LogP contribution is -2.43. The van der Waals surface area contributed by atoms with Crippen LogP contribution in [0.2, 0.25) is 0 Å². The zero-order valence-electron chi connectivity index (χ0n) is 12.2. The van der Waals surface area contributed by atoms with Gasteiger partial charge in [0.05, 0.1) is 0 Å². The molecule has 0 heterocycles. The molecule has 1 atom stereocenters. The van der Waals surface area contributed by atoms with Crippen molar-refractivity contribution < 1.29 is 19.5 Å². The molecule has 0 aromatic rings. The number of carbonyl (C=O) groups is 3. The molecule has 0 radical (unpaired) electrons. The summed E-state index contributed by atoms with van der Waals surface area (Å²) in [5.41, 5.74) is -0.671. The maximum absolute atomic E-state index is 11.8. The maximum atomic E-state index is 11.8. The van der Waals surface area contributed by atoms with Crippen LogP contribution in [0.5, 0.6) is 0 Å². The van der Waals surface area contributed by atoms with Crippen LogP contribution >= 0.6 is 0 Å². The Hall–Kier alpha value is -1.59. The van der Waals surface area contributed by atoms with Crippen molar-refractivity contribution in [1.82, 2.24) is 10.6 Å². The highest BCUT2D eigenvalue weighted by Gasteiger charge is 2.37. The molecule has 0 aliphatic heterocycles. The Morgan fingerprint density at radius 2 is 1.68 bits per heavy atom. The summed E-state index contributed by atoms with van der Waals surface area (Å²) in [6.45, 7) is 8.90. The van der Waals surface area contributed by atoms with Gasteiger partial charge in [-0.2, -0.15) is 0 Å². The highest BCUT2D eigenvalue weighted by molar-refractivity contribution is 5.97. The monoisotopic (exact) mass is 272 g/mol. The average Bonchev–Trinajstić information content (AvgIpc) is 2.12. The second-order valence-corrected chi connectivity index (χ2v) is 5.90. The number of hydrogen-bond acceptors (Lipinski definition) is 3. The molecule has 1 unspecified atom stereocenters. The van der Waals surface area contributed by atoms with Crippen LogP contribution in [-0.2, 0) is 14.4 Å². The Bertz CT molecular complexity index is 345. The molecule has 3 N–H and O–H groups in total. The third kappa shape index (κ3) is 6.79. The van der Waals surface area contributed by atoms with Gasteiger partial charge in [-0.1, -0.05) is 20.8 Å². The van der Waals surface area contributed by atoms with E-state index in [0.29, 0.717) is 0 Å². The number of amides is 2. The third-order valence-corrected chi connectivity index (χ3v) is 2.48. The van der Waals surface area contributed by atoms with Gasteiger partial charge in [0.15, 0.2) is 0 Å². The maximum Gasteiger partial charge on any atom is 0.316 e. The summed E-state index contributed by atoms with van der Waals surface area (Å²) < 4.78 is 0. The molecule has 6 heteroatoms. The van der Waals surface area contributed by atoms with E-state index in [9.17, 15) is 14.4 Å². The van der Waals surface area contributed by atoms with Crippen LogP contribution in [0.3, 0.4) is 0 Å². The molecular weight excluding hydrogens is 248 g/mol. The lowest BCUT2D eigenvalue weighted by atomic mass is 9.80. The first-order valence-corrected chi connectivity index (χ1v) is 6.35. The van der Waals surface area contributed by atoms with Gasteiger partial charge in [-0.25, -0.2) is 0 Å². The minimum atomic E-state index is -1.16. The minimum Gasteiger partial charge on any atom is -0.481 e. The van der Waals surface area contributed by atoms with Crippen molar-refractivity contribution in [2.75, 3.05) is 6.54 Å². The Balaban J connectivity index is 4.30. The third-order valence-electron chi connectivity index (χ3n) is 2.48. The van der Waals surface area contributed by atoms with E-state index in [2.05, 4.69) is 10.6 Å². The topological polar surface area (TPSA) is 95.5 Å². The van der Waals surface area contributed by atoms with E-state index in [1.165, 1.54) is 0 Å². The van der Waals surface area contributed by atoms with Gasteiger partial charge in [-0.3, -0.25) is 14.4 Å². The fraction of sp³-hybridized carbons (Fsp3) is 0.769. The lowest BCUT2D eigenvalue weighted by molar-refractivity contribution is -0.151. The smallest absolute Gasteiger partial charge is 0.316 e. The van der Waals surface area contributed by atoms with Gasteiger partial charge < -0.3 is 15.7 Å². The van der Waals surface area contributed by atoms with E-state index >= 15 is 0 Å². The molecule has 0 saturated heterocycles. The SMILES string of the molecule is CC(C)NC(=O)CCNC(=O)C(C(=O)O)C(C)(C)C. The van der Waals surface area contributed by atoms with E-state index in [1.807, 2.05) is 13.8 Å².